The normalized spacial score (nSPS) is 14.2. The maximum atomic E-state index is 10.9. The van der Waals surface area contributed by atoms with E-state index in [1.807, 2.05) is 18.2 Å². The summed E-state index contributed by atoms with van der Waals surface area (Å²) < 4.78 is 4.54. The first-order valence-electron chi connectivity index (χ1n) is 7.80. The predicted molar refractivity (Wildman–Crippen MR) is 88.6 cm³/mol. The maximum Gasteiger partial charge on any atom is 0.305 e. The number of rotatable bonds is 10. The standard InChI is InChI=1S/C18H25NO4/c1-23-18(22)13-8-10-15(20)9-4-2-3-5-12-17(21)16-11-6-7-14-19-16/h4-7,9,11-12,14-15,17,20-21H,2-3,8,10,13H2,1H3/b9-4-,12-5+. The number of methoxy groups -OCH3 is 1. The number of aliphatic hydroxyl groups is 2. The van der Waals surface area contributed by atoms with E-state index >= 15 is 0 Å². The Morgan fingerprint density at radius 3 is 2.65 bits per heavy atom. The molecule has 5 heteroatoms. The number of hydrogen-bond acceptors (Lipinski definition) is 5. The Hall–Kier alpha value is -1.98. The van der Waals surface area contributed by atoms with Crippen molar-refractivity contribution in [3.05, 3.63) is 54.4 Å². The molecule has 5 nitrogen and oxygen atoms in total. The molecule has 0 spiro atoms. The Kier molecular flexibility index (Phi) is 9.59. The lowest BCUT2D eigenvalue weighted by Gasteiger charge is -2.04. The molecule has 126 valence electrons. The molecule has 0 radical (unpaired) electrons. The molecule has 1 aromatic rings. The first-order chi connectivity index (χ1) is 11.1. The van der Waals surface area contributed by atoms with Gasteiger partial charge in [-0.15, -0.1) is 0 Å². The molecule has 0 aromatic carbocycles. The van der Waals surface area contributed by atoms with Crippen LogP contribution in [0.2, 0.25) is 0 Å². The summed E-state index contributed by atoms with van der Waals surface area (Å²) in [4.78, 5) is 15.0. The smallest absolute Gasteiger partial charge is 0.305 e. The van der Waals surface area contributed by atoms with Crippen LogP contribution in [0.1, 0.15) is 43.9 Å². The Labute approximate surface area is 137 Å². The molecule has 0 amide bonds. The van der Waals surface area contributed by atoms with Crippen molar-refractivity contribution in [1.82, 2.24) is 4.98 Å². The number of pyridine rings is 1. The topological polar surface area (TPSA) is 79.7 Å². The number of aliphatic hydroxyl groups excluding tert-OH is 2. The van der Waals surface area contributed by atoms with Gasteiger partial charge < -0.3 is 14.9 Å². The van der Waals surface area contributed by atoms with Gasteiger partial charge in [0, 0.05) is 12.6 Å². The molecule has 2 N–H and O–H groups in total. The molecule has 0 fully saturated rings. The van der Waals surface area contributed by atoms with E-state index < -0.39 is 12.2 Å². The van der Waals surface area contributed by atoms with Crippen LogP contribution in [0.3, 0.4) is 0 Å². The average molecular weight is 319 g/mol. The van der Waals surface area contributed by atoms with Gasteiger partial charge in [0.1, 0.15) is 6.10 Å². The third-order valence-electron chi connectivity index (χ3n) is 3.28. The summed E-state index contributed by atoms with van der Waals surface area (Å²) in [6.45, 7) is 0. The van der Waals surface area contributed by atoms with E-state index in [2.05, 4.69) is 9.72 Å². The van der Waals surface area contributed by atoms with Crippen LogP contribution in [0, 0.1) is 0 Å². The highest BCUT2D eigenvalue weighted by atomic mass is 16.5. The third kappa shape index (κ3) is 8.90. The van der Waals surface area contributed by atoms with Gasteiger partial charge in [-0.3, -0.25) is 9.78 Å². The molecule has 0 saturated heterocycles. The van der Waals surface area contributed by atoms with Crippen molar-refractivity contribution in [1.29, 1.82) is 0 Å². The van der Waals surface area contributed by atoms with E-state index in [1.165, 1.54) is 7.11 Å². The molecule has 1 rings (SSSR count). The van der Waals surface area contributed by atoms with Crippen molar-refractivity contribution < 1.29 is 19.7 Å². The first-order valence-corrected chi connectivity index (χ1v) is 7.80. The van der Waals surface area contributed by atoms with Crippen LogP contribution >= 0.6 is 0 Å². The number of hydrogen-bond donors (Lipinski definition) is 2. The molecule has 23 heavy (non-hydrogen) atoms. The summed E-state index contributed by atoms with van der Waals surface area (Å²) in [5, 5.41) is 19.6. The van der Waals surface area contributed by atoms with E-state index in [-0.39, 0.29) is 5.97 Å². The lowest BCUT2D eigenvalue weighted by atomic mass is 10.1. The van der Waals surface area contributed by atoms with Gasteiger partial charge in [0.2, 0.25) is 0 Å². The fourth-order valence-electron chi connectivity index (χ4n) is 1.97. The van der Waals surface area contributed by atoms with Gasteiger partial charge in [-0.2, -0.15) is 0 Å². The van der Waals surface area contributed by atoms with Crippen LogP contribution in [-0.2, 0) is 9.53 Å². The predicted octanol–water partition coefficient (Wildman–Crippen LogP) is 2.71. The second-order valence-corrected chi connectivity index (χ2v) is 5.17. The van der Waals surface area contributed by atoms with Crippen LogP contribution in [0.5, 0.6) is 0 Å². The summed E-state index contributed by atoms with van der Waals surface area (Å²) in [5.41, 5.74) is 0.625. The van der Waals surface area contributed by atoms with Crippen molar-refractivity contribution in [3.8, 4) is 0 Å². The molecule has 0 bridgehead atoms. The molecule has 2 atom stereocenters. The molecular weight excluding hydrogens is 294 g/mol. The van der Waals surface area contributed by atoms with Crippen molar-refractivity contribution in [2.24, 2.45) is 0 Å². The number of carbonyl (C=O) groups is 1. The third-order valence-corrected chi connectivity index (χ3v) is 3.28. The quantitative estimate of drug-likeness (QED) is 0.394. The zero-order valence-corrected chi connectivity index (χ0v) is 13.5. The highest BCUT2D eigenvalue weighted by Gasteiger charge is 2.04. The lowest BCUT2D eigenvalue weighted by molar-refractivity contribution is -0.140. The number of carbonyl (C=O) groups excluding carboxylic acids is 1. The van der Waals surface area contributed by atoms with Gasteiger partial charge >= 0.3 is 5.97 Å². The van der Waals surface area contributed by atoms with Gasteiger partial charge in [0.05, 0.1) is 18.9 Å². The van der Waals surface area contributed by atoms with E-state index in [9.17, 15) is 15.0 Å². The van der Waals surface area contributed by atoms with Crippen LogP contribution in [-0.4, -0.2) is 34.4 Å². The molecule has 0 aliphatic carbocycles. The van der Waals surface area contributed by atoms with Crippen molar-refractivity contribution in [2.75, 3.05) is 7.11 Å². The number of nitrogens with zero attached hydrogens (tertiary/aromatic N) is 1. The molecule has 2 unspecified atom stereocenters. The van der Waals surface area contributed by atoms with Crippen LogP contribution < -0.4 is 0 Å². The highest BCUT2D eigenvalue weighted by Crippen LogP contribution is 2.11. The van der Waals surface area contributed by atoms with E-state index in [1.54, 1.807) is 30.5 Å². The largest absolute Gasteiger partial charge is 0.469 e. The van der Waals surface area contributed by atoms with Gasteiger partial charge in [-0.05, 0) is 37.8 Å². The molecular formula is C18H25NO4. The Morgan fingerprint density at radius 2 is 2.00 bits per heavy atom. The Bertz CT molecular complexity index is 499. The van der Waals surface area contributed by atoms with Gasteiger partial charge in [0.25, 0.3) is 0 Å². The summed E-state index contributed by atoms with van der Waals surface area (Å²) in [6, 6.07) is 5.42. The van der Waals surface area contributed by atoms with Gasteiger partial charge in [0.15, 0.2) is 0 Å². The number of allylic oxidation sites excluding steroid dienone is 2. The zero-order valence-electron chi connectivity index (χ0n) is 13.5. The van der Waals surface area contributed by atoms with E-state index in [0.29, 0.717) is 25.0 Å². The molecule has 1 heterocycles. The minimum Gasteiger partial charge on any atom is -0.469 e. The average Bonchev–Trinajstić information content (AvgIpc) is 2.58. The highest BCUT2D eigenvalue weighted by molar-refractivity contribution is 5.68. The lowest BCUT2D eigenvalue weighted by Crippen LogP contribution is -2.05. The summed E-state index contributed by atoms with van der Waals surface area (Å²) in [5.74, 6) is -0.252. The van der Waals surface area contributed by atoms with E-state index in [4.69, 9.17) is 0 Å². The summed E-state index contributed by atoms with van der Waals surface area (Å²) in [7, 11) is 1.36. The molecule has 0 aliphatic heterocycles. The Morgan fingerprint density at radius 1 is 1.26 bits per heavy atom. The number of aromatic nitrogens is 1. The fraction of sp³-hybridized carbons (Fsp3) is 0.444. The van der Waals surface area contributed by atoms with Crippen molar-refractivity contribution in [2.45, 2.75) is 44.3 Å². The number of ether oxygens (including phenoxy) is 1. The molecule has 0 saturated carbocycles. The monoisotopic (exact) mass is 319 g/mol. The summed E-state index contributed by atoms with van der Waals surface area (Å²) >= 11 is 0. The minimum absolute atomic E-state index is 0.252. The SMILES string of the molecule is COC(=O)CCCC(O)/C=C\CC/C=C/C(O)c1ccccn1. The van der Waals surface area contributed by atoms with E-state index in [0.717, 1.165) is 12.8 Å². The molecule has 1 aromatic heterocycles. The first kappa shape index (κ1) is 19.1. The second kappa shape index (κ2) is 11.6. The Balaban J connectivity index is 2.16. The van der Waals surface area contributed by atoms with Gasteiger partial charge in [-0.1, -0.05) is 30.4 Å². The van der Waals surface area contributed by atoms with Crippen molar-refractivity contribution in [3.63, 3.8) is 0 Å². The number of esters is 1. The second-order valence-electron chi connectivity index (χ2n) is 5.17. The van der Waals surface area contributed by atoms with Gasteiger partial charge in [-0.25, -0.2) is 0 Å². The minimum atomic E-state index is -0.691. The van der Waals surface area contributed by atoms with Crippen LogP contribution in [0.4, 0.5) is 0 Å². The maximum absolute atomic E-state index is 10.9. The summed E-state index contributed by atoms with van der Waals surface area (Å²) in [6.07, 6.45) is 10.7. The van der Waals surface area contributed by atoms with Crippen LogP contribution in [0.25, 0.3) is 0 Å². The van der Waals surface area contributed by atoms with Crippen LogP contribution in [0.15, 0.2) is 48.7 Å². The zero-order chi connectivity index (χ0) is 16.9. The van der Waals surface area contributed by atoms with Crippen molar-refractivity contribution >= 4 is 5.97 Å². The number of unbranched alkanes of at least 4 members (excludes halogenated alkanes) is 1. The molecule has 0 aliphatic rings. The fourth-order valence-corrected chi connectivity index (χ4v) is 1.97.